The Balaban J connectivity index is 3.96. The number of hydrogen-bond donors (Lipinski definition) is 5. The lowest BCUT2D eigenvalue weighted by Gasteiger charge is -2.19. The van der Waals surface area contributed by atoms with Gasteiger partial charge >= 0.3 is 27.6 Å². The van der Waals surface area contributed by atoms with Crippen molar-refractivity contribution >= 4 is 27.6 Å². The third-order valence-corrected chi connectivity index (χ3v) is 10.6. The van der Waals surface area contributed by atoms with Crippen molar-refractivity contribution in [1.82, 2.24) is 0 Å². The number of aliphatic hydroxyl groups excluding tert-OH is 3. The number of carbonyl (C=O) groups excluding carboxylic acids is 2. The lowest BCUT2D eigenvalue weighted by molar-refractivity contribution is -0.148. The standard InChI is InChI=1S/C45H78O15P2/c1-3-5-7-9-11-13-15-17-18-19-20-22-24-26-28-30-32-34-45(50)56-36-42(47)38-58-62(53,54)60-40-43(48)39-59-61(51,52)57-37-41(46)35-55-44(49)33-31-29-27-25-23-21-16-14-12-10-8-6-4-2/h6,8,10-14,16-18,21,23,41-43,46-48H,3-5,7,9,15,19-20,22,24-40H2,1-2H3,(H,51,52)(H,53,54)/b8-6+,12-10+,13-11-,16-14-,18-17-,23-21-. The van der Waals surface area contributed by atoms with E-state index in [1.807, 2.05) is 42.5 Å². The largest absolute Gasteiger partial charge is 0.472 e. The Bertz CT molecular complexity index is 1390. The molecule has 0 aromatic carbocycles. The molecule has 0 aromatic heterocycles. The molecule has 0 aromatic rings. The number of unbranched alkanes of at least 4 members (excludes halogenated alkanes) is 13. The number of esters is 2. The van der Waals surface area contributed by atoms with E-state index in [2.05, 4.69) is 62.3 Å². The van der Waals surface area contributed by atoms with E-state index >= 15 is 0 Å². The lowest BCUT2D eigenvalue weighted by atomic mass is 10.1. The highest BCUT2D eigenvalue weighted by Gasteiger charge is 2.28. The molecule has 0 amide bonds. The van der Waals surface area contributed by atoms with E-state index in [-0.39, 0.29) is 12.8 Å². The van der Waals surface area contributed by atoms with Crippen LogP contribution in [0.2, 0.25) is 0 Å². The predicted octanol–water partition coefficient (Wildman–Crippen LogP) is 9.60. The predicted molar refractivity (Wildman–Crippen MR) is 242 cm³/mol. The second-order valence-electron chi connectivity index (χ2n) is 14.8. The van der Waals surface area contributed by atoms with Crippen molar-refractivity contribution in [3.05, 3.63) is 72.9 Å². The van der Waals surface area contributed by atoms with Crippen molar-refractivity contribution in [2.45, 2.75) is 161 Å². The molecule has 5 atom stereocenters. The SMILES string of the molecule is CC/C=C/C=C/C=C\C=C/CCCCCC(=O)OCC(O)COP(=O)(O)OCC(O)COP(=O)(O)OCC(O)COC(=O)CCCCCCCCC/C=C\C/C=C\CCCCC. The fourth-order valence-corrected chi connectivity index (χ4v) is 6.84. The maximum absolute atomic E-state index is 12.1. The van der Waals surface area contributed by atoms with Crippen LogP contribution < -0.4 is 0 Å². The molecule has 0 spiro atoms. The fourth-order valence-electron chi connectivity index (χ4n) is 5.25. The maximum Gasteiger partial charge on any atom is 0.472 e. The van der Waals surface area contributed by atoms with Crippen LogP contribution in [0.3, 0.4) is 0 Å². The van der Waals surface area contributed by atoms with Crippen molar-refractivity contribution in [2.24, 2.45) is 0 Å². The second kappa shape index (κ2) is 41.2. The number of hydrogen-bond acceptors (Lipinski definition) is 13. The Morgan fingerprint density at radius 1 is 0.452 bits per heavy atom. The number of allylic oxidation sites excluding steroid dienone is 12. The van der Waals surface area contributed by atoms with Crippen LogP contribution in [-0.2, 0) is 46.3 Å². The van der Waals surface area contributed by atoms with E-state index in [0.29, 0.717) is 12.8 Å². The minimum absolute atomic E-state index is 0.147. The van der Waals surface area contributed by atoms with E-state index in [4.69, 9.17) is 9.47 Å². The van der Waals surface area contributed by atoms with Crippen molar-refractivity contribution in [2.75, 3.05) is 39.6 Å². The van der Waals surface area contributed by atoms with Gasteiger partial charge in [-0.15, -0.1) is 0 Å². The highest BCUT2D eigenvalue weighted by atomic mass is 31.2. The molecule has 358 valence electrons. The molecule has 0 aliphatic heterocycles. The second-order valence-corrected chi connectivity index (χ2v) is 17.7. The summed E-state index contributed by atoms with van der Waals surface area (Å²) in [5.41, 5.74) is 0. The topological polar surface area (TPSA) is 225 Å². The van der Waals surface area contributed by atoms with Crippen LogP contribution in [0.25, 0.3) is 0 Å². The summed E-state index contributed by atoms with van der Waals surface area (Å²) in [6.07, 6.45) is 39.0. The van der Waals surface area contributed by atoms with Crippen molar-refractivity contribution in [1.29, 1.82) is 0 Å². The maximum atomic E-state index is 12.1. The van der Waals surface area contributed by atoms with Crippen LogP contribution in [-0.4, -0.2) is 95.0 Å². The molecule has 5 unspecified atom stereocenters. The van der Waals surface area contributed by atoms with Crippen LogP contribution in [0.15, 0.2) is 72.9 Å². The minimum Gasteiger partial charge on any atom is -0.463 e. The van der Waals surface area contributed by atoms with Crippen LogP contribution in [0.4, 0.5) is 0 Å². The summed E-state index contributed by atoms with van der Waals surface area (Å²) in [4.78, 5) is 43.6. The average Bonchev–Trinajstić information content (AvgIpc) is 3.24. The molecule has 0 saturated heterocycles. The summed E-state index contributed by atoms with van der Waals surface area (Å²) in [6.45, 7) is 0.164. The van der Waals surface area contributed by atoms with Gasteiger partial charge in [0, 0.05) is 12.8 Å². The molecule has 0 bridgehead atoms. The van der Waals surface area contributed by atoms with E-state index < -0.39 is 85.5 Å². The summed E-state index contributed by atoms with van der Waals surface area (Å²) in [5.74, 6) is -1.05. The smallest absolute Gasteiger partial charge is 0.463 e. The first-order valence-corrected chi connectivity index (χ1v) is 25.3. The minimum atomic E-state index is -4.79. The van der Waals surface area contributed by atoms with E-state index in [1.165, 1.54) is 38.5 Å². The molecule has 0 rings (SSSR count). The molecular formula is C45H78O15P2. The summed E-state index contributed by atoms with van der Waals surface area (Å²) < 4.78 is 52.8. The molecule has 0 fully saturated rings. The third kappa shape index (κ3) is 42.8. The molecule has 17 heteroatoms. The molecule has 0 heterocycles. The van der Waals surface area contributed by atoms with Gasteiger partial charge in [0.25, 0.3) is 0 Å². The Hall–Kier alpha value is -2.52. The summed E-state index contributed by atoms with van der Waals surface area (Å²) in [5, 5.41) is 29.9. The lowest BCUT2D eigenvalue weighted by Crippen LogP contribution is -2.25. The Labute approximate surface area is 371 Å². The molecule has 0 saturated carbocycles. The van der Waals surface area contributed by atoms with Gasteiger partial charge in [0.05, 0.1) is 26.4 Å². The van der Waals surface area contributed by atoms with Crippen LogP contribution in [0, 0.1) is 0 Å². The Kier molecular flexibility index (Phi) is 39.5. The summed E-state index contributed by atoms with van der Waals surface area (Å²) >= 11 is 0. The zero-order chi connectivity index (χ0) is 46.0. The molecule has 0 aliphatic rings. The highest BCUT2D eigenvalue weighted by molar-refractivity contribution is 7.47. The first-order valence-electron chi connectivity index (χ1n) is 22.3. The van der Waals surface area contributed by atoms with Gasteiger partial charge in [0.2, 0.25) is 0 Å². The van der Waals surface area contributed by atoms with Gasteiger partial charge in [-0.1, -0.05) is 138 Å². The highest BCUT2D eigenvalue weighted by Crippen LogP contribution is 2.45. The molecular weight excluding hydrogens is 842 g/mol. The van der Waals surface area contributed by atoms with Gasteiger partial charge in [-0.25, -0.2) is 9.13 Å². The van der Waals surface area contributed by atoms with Crippen molar-refractivity contribution < 1.29 is 71.4 Å². The third-order valence-electron chi connectivity index (χ3n) is 8.74. The first kappa shape index (κ1) is 59.5. The molecule has 62 heavy (non-hydrogen) atoms. The van der Waals surface area contributed by atoms with Gasteiger partial charge in [-0.3, -0.25) is 27.7 Å². The zero-order valence-corrected chi connectivity index (χ0v) is 39.0. The van der Waals surface area contributed by atoms with Gasteiger partial charge < -0.3 is 34.6 Å². The first-order chi connectivity index (χ1) is 29.8. The Morgan fingerprint density at radius 3 is 1.26 bits per heavy atom. The van der Waals surface area contributed by atoms with E-state index in [9.17, 15) is 43.8 Å². The zero-order valence-electron chi connectivity index (χ0n) is 37.3. The number of phosphoric acid groups is 2. The van der Waals surface area contributed by atoms with E-state index in [1.54, 1.807) is 0 Å². The number of rotatable bonds is 42. The molecule has 0 aliphatic carbocycles. The van der Waals surface area contributed by atoms with Crippen molar-refractivity contribution in [3.63, 3.8) is 0 Å². The number of aliphatic hydroxyl groups is 3. The van der Waals surface area contributed by atoms with Crippen molar-refractivity contribution in [3.8, 4) is 0 Å². The van der Waals surface area contributed by atoms with Gasteiger partial charge in [0.1, 0.15) is 31.5 Å². The van der Waals surface area contributed by atoms with Gasteiger partial charge in [-0.2, -0.15) is 0 Å². The number of ether oxygens (including phenoxy) is 2. The number of phosphoric ester groups is 2. The Morgan fingerprint density at radius 2 is 0.806 bits per heavy atom. The molecule has 0 radical (unpaired) electrons. The van der Waals surface area contributed by atoms with Crippen LogP contribution in [0.1, 0.15) is 142 Å². The summed E-state index contributed by atoms with van der Waals surface area (Å²) in [7, 11) is -9.59. The fraction of sp³-hybridized carbons (Fsp3) is 0.689. The normalized spacial score (nSPS) is 15.9. The van der Waals surface area contributed by atoms with E-state index in [0.717, 1.165) is 64.2 Å². The quantitative estimate of drug-likeness (QED) is 0.0126. The van der Waals surface area contributed by atoms with Crippen LogP contribution in [0.5, 0.6) is 0 Å². The molecule has 15 nitrogen and oxygen atoms in total. The van der Waals surface area contributed by atoms with Crippen LogP contribution >= 0.6 is 15.6 Å². The van der Waals surface area contributed by atoms with Gasteiger partial charge in [0.15, 0.2) is 0 Å². The monoisotopic (exact) mass is 920 g/mol. The molecule has 5 N–H and O–H groups in total. The summed E-state index contributed by atoms with van der Waals surface area (Å²) in [6, 6.07) is 0. The number of carbonyl (C=O) groups is 2. The van der Waals surface area contributed by atoms with Gasteiger partial charge in [-0.05, 0) is 64.2 Å². The average molecular weight is 921 g/mol.